The van der Waals surface area contributed by atoms with Crippen molar-refractivity contribution in [3.63, 3.8) is 0 Å². The molecule has 0 N–H and O–H groups in total. The highest BCUT2D eigenvalue weighted by Crippen LogP contribution is 2.39. The summed E-state index contributed by atoms with van der Waals surface area (Å²) in [5.74, 6) is 2.10. The van der Waals surface area contributed by atoms with E-state index >= 15 is 0 Å². The molecule has 0 unspecified atom stereocenters. The molecule has 1 rings (SSSR count). The van der Waals surface area contributed by atoms with Gasteiger partial charge in [-0.2, -0.15) is 0 Å². The van der Waals surface area contributed by atoms with E-state index in [-0.39, 0.29) is 10.6 Å². The molecular formula is C11H15NO2S2. The van der Waals surface area contributed by atoms with E-state index < -0.39 is 0 Å². The van der Waals surface area contributed by atoms with Crippen LogP contribution in [0.25, 0.3) is 0 Å². The first-order valence-corrected chi connectivity index (χ1v) is 7.26. The normalized spacial score (nSPS) is 10.7. The van der Waals surface area contributed by atoms with Gasteiger partial charge in [-0.3, -0.25) is 10.1 Å². The van der Waals surface area contributed by atoms with Crippen molar-refractivity contribution in [3.8, 4) is 0 Å². The summed E-state index contributed by atoms with van der Waals surface area (Å²) in [4.78, 5) is 10.2. The van der Waals surface area contributed by atoms with Crippen LogP contribution in [0.4, 0.5) is 5.69 Å². The molecule has 0 atom stereocenters. The first-order valence-electron chi connectivity index (χ1n) is 5.16. The summed E-state index contributed by atoms with van der Waals surface area (Å²) in [5, 5.41) is 10.5. The highest BCUT2D eigenvalue weighted by Gasteiger charge is 2.12. The highest BCUT2D eigenvalue weighted by atomic mass is 32.2. The van der Waals surface area contributed by atoms with Gasteiger partial charge in [0.05, 0.1) is 9.51 Å². The maximum absolute atomic E-state index is 10.5. The van der Waals surface area contributed by atoms with Crippen molar-refractivity contribution in [2.24, 2.45) is 0 Å². The van der Waals surface area contributed by atoms with Crippen molar-refractivity contribution in [1.82, 2.24) is 0 Å². The van der Waals surface area contributed by atoms with Crippen LogP contribution in [0.3, 0.4) is 0 Å². The second-order valence-electron chi connectivity index (χ2n) is 3.09. The van der Waals surface area contributed by atoms with Crippen LogP contribution < -0.4 is 0 Å². The van der Waals surface area contributed by atoms with Gasteiger partial charge in [0.25, 0.3) is 5.69 Å². The molecule has 0 saturated heterocycles. The van der Waals surface area contributed by atoms with Gasteiger partial charge in [0, 0.05) is 12.1 Å². The van der Waals surface area contributed by atoms with E-state index in [0.29, 0.717) is 4.58 Å². The topological polar surface area (TPSA) is 43.1 Å². The molecule has 0 aliphatic heterocycles. The van der Waals surface area contributed by atoms with Crippen molar-refractivity contribution in [2.75, 3.05) is 11.5 Å². The van der Waals surface area contributed by atoms with Gasteiger partial charge >= 0.3 is 0 Å². The fourth-order valence-corrected chi connectivity index (χ4v) is 3.80. The van der Waals surface area contributed by atoms with Gasteiger partial charge in [-0.25, -0.2) is 0 Å². The third-order valence-corrected chi connectivity index (χ3v) is 4.65. The van der Waals surface area contributed by atoms with E-state index in [1.54, 1.807) is 12.1 Å². The molecule has 1 aromatic carbocycles. The molecule has 3 nitrogen and oxygen atoms in total. The zero-order valence-electron chi connectivity index (χ0n) is 9.38. The van der Waals surface area contributed by atoms with Crippen molar-refractivity contribution >= 4 is 29.2 Å². The summed E-state index contributed by atoms with van der Waals surface area (Å²) in [6.07, 6.45) is 0. The number of nitro groups is 1. The minimum atomic E-state index is -0.362. The molecule has 0 aromatic heterocycles. The lowest BCUT2D eigenvalue weighted by molar-refractivity contribution is -0.384. The monoisotopic (exact) mass is 257 g/mol. The lowest BCUT2D eigenvalue weighted by Gasteiger charge is -2.14. The number of hydrogen-bond donors (Lipinski definition) is 0. The van der Waals surface area contributed by atoms with Gasteiger partial charge in [-0.1, -0.05) is 26.0 Å². The summed E-state index contributed by atoms with van der Waals surface area (Å²) >= 11 is 3.72. The fourth-order valence-electron chi connectivity index (χ4n) is 1.30. The number of benzene rings is 1. The lowest BCUT2D eigenvalue weighted by Crippen LogP contribution is -1.92. The number of rotatable bonds is 6. The van der Waals surface area contributed by atoms with Crippen LogP contribution >= 0.6 is 23.5 Å². The number of non-ortho nitro benzene ring substituents is 1. The second kappa shape index (κ2) is 6.81. The molecule has 0 heterocycles. The van der Waals surface area contributed by atoms with E-state index in [2.05, 4.69) is 13.8 Å². The summed E-state index contributed by atoms with van der Waals surface area (Å²) < 4.78 is 0.385. The smallest absolute Gasteiger partial charge is 0.258 e. The molecule has 88 valence electrons. The molecular weight excluding hydrogens is 242 g/mol. The van der Waals surface area contributed by atoms with Gasteiger partial charge in [-0.15, -0.1) is 23.5 Å². The Morgan fingerprint density at radius 3 is 2.06 bits per heavy atom. The van der Waals surface area contributed by atoms with E-state index in [0.717, 1.165) is 17.1 Å². The molecule has 16 heavy (non-hydrogen) atoms. The molecule has 0 saturated carbocycles. The second-order valence-corrected chi connectivity index (χ2v) is 6.15. The maximum atomic E-state index is 10.5. The number of thioether (sulfide) groups is 2. The zero-order valence-corrected chi connectivity index (χ0v) is 11.0. The van der Waals surface area contributed by atoms with E-state index in [9.17, 15) is 10.1 Å². The molecule has 0 bridgehead atoms. The van der Waals surface area contributed by atoms with Crippen LogP contribution in [-0.4, -0.2) is 16.4 Å². The zero-order chi connectivity index (χ0) is 12.0. The van der Waals surface area contributed by atoms with Gasteiger partial charge in [0.1, 0.15) is 0 Å². The predicted molar refractivity (Wildman–Crippen MR) is 72.1 cm³/mol. The highest BCUT2D eigenvalue weighted by molar-refractivity contribution is 8.16. The predicted octanol–water partition coefficient (Wildman–Crippen LogP) is 4.10. The van der Waals surface area contributed by atoms with Crippen molar-refractivity contribution in [1.29, 1.82) is 0 Å². The SMILES string of the molecule is CCSC(SCC)c1ccc([N+](=O)[O-])cc1. The molecule has 1 aromatic rings. The van der Waals surface area contributed by atoms with E-state index in [4.69, 9.17) is 0 Å². The quantitative estimate of drug-likeness (QED) is 0.437. The maximum Gasteiger partial charge on any atom is 0.269 e. The summed E-state index contributed by atoms with van der Waals surface area (Å²) in [6, 6.07) is 6.87. The molecule has 5 heteroatoms. The number of nitro benzene ring substituents is 1. The van der Waals surface area contributed by atoms with E-state index in [1.807, 2.05) is 35.7 Å². The van der Waals surface area contributed by atoms with Gasteiger partial charge in [0.15, 0.2) is 0 Å². The van der Waals surface area contributed by atoms with Crippen molar-refractivity contribution in [2.45, 2.75) is 18.4 Å². The molecule has 0 radical (unpaired) electrons. The average Bonchev–Trinajstić information content (AvgIpc) is 2.29. The third-order valence-electron chi connectivity index (χ3n) is 2.01. The molecule has 0 aliphatic carbocycles. The Morgan fingerprint density at radius 1 is 1.19 bits per heavy atom. The summed E-state index contributed by atoms with van der Waals surface area (Å²) in [6.45, 7) is 4.25. The van der Waals surface area contributed by atoms with Crippen LogP contribution in [0.1, 0.15) is 24.0 Å². The first-order chi connectivity index (χ1) is 7.69. The molecule has 0 fully saturated rings. The van der Waals surface area contributed by atoms with Crippen LogP contribution in [-0.2, 0) is 0 Å². The largest absolute Gasteiger partial charge is 0.269 e. The van der Waals surface area contributed by atoms with E-state index in [1.165, 1.54) is 0 Å². The Balaban J connectivity index is 2.80. The van der Waals surface area contributed by atoms with Crippen LogP contribution in [0.2, 0.25) is 0 Å². The number of hydrogen-bond acceptors (Lipinski definition) is 4. The fraction of sp³-hybridized carbons (Fsp3) is 0.455. The summed E-state index contributed by atoms with van der Waals surface area (Å²) in [5.41, 5.74) is 1.31. The van der Waals surface area contributed by atoms with Crippen molar-refractivity contribution in [3.05, 3.63) is 39.9 Å². The minimum absolute atomic E-state index is 0.158. The Hall–Kier alpha value is -0.680. The van der Waals surface area contributed by atoms with Crippen LogP contribution in [0.5, 0.6) is 0 Å². The Labute approximate surface area is 104 Å². The first kappa shape index (κ1) is 13.4. The van der Waals surface area contributed by atoms with Gasteiger partial charge < -0.3 is 0 Å². The number of nitrogens with zero attached hydrogens (tertiary/aromatic N) is 1. The Bertz CT molecular complexity index is 334. The average molecular weight is 257 g/mol. The molecule has 0 aliphatic rings. The van der Waals surface area contributed by atoms with Crippen molar-refractivity contribution < 1.29 is 4.92 Å². The third kappa shape index (κ3) is 3.72. The Morgan fingerprint density at radius 2 is 1.69 bits per heavy atom. The molecule has 0 amide bonds. The van der Waals surface area contributed by atoms with Crippen LogP contribution in [0.15, 0.2) is 24.3 Å². The molecule has 0 spiro atoms. The van der Waals surface area contributed by atoms with Crippen LogP contribution in [0, 0.1) is 10.1 Å². The van der Waals surface area contributed by atoms with Gasteiger partial charge in [-0.05, 0) is 17.1 Å². The lowest BCUT2D eigenvalue weighted by atomic mass is 10.2. The Kier molecular flexibility index (Phi) is 5.69. The van der Waals surface area contributed by atoms with Gasteiger partial charge in [0.2, 0.25) is 0 Å². The summed E-state index contributed by atoms with van der Waals surface area (Å²) in [7, 11) is 0. The minimum Gasteiger partial charge on any atom is -0.258 e. The standard InChI is InChI=1S/C11H15NO2S2/c1-3-15-11(16-4-2)9-5-7-10(8-6-9)12(13)14/h5-8,11H,3-4H2,1-2H3.